The molecule has 0 spiro atoms. The summed E-state index contributed by atoms with van der Waals surface area (Å²) in [5.41, 5.74) is 5.18. The molecule has 114 valence electrons. The van der Waals surface area contributed by atoms with Crippen LogP contribution in [-0.2, 0) is 4.79 Å². The molecule has 1 saturated carbocycles. The van der Waals surface area contributed by atoms with Crippen LogP contribution in [-0.4, -0.2) is 39.6 Å². The van der Waals surface area contributed by atoms with Crippen LogP contribution in [0.25, 0.3) is 0 Å². The fourth-order valence-electron chi connectivity index (χ4n) is 3.67. The number of aliphatic hydroxyl groups is 1. The van der Waals surface area contributed by atoms with E-state index in [1.807, 2.05) is 11.8 Å². The first-order chi connectivity index (χ1) is 9.48. The molecule has 2 fully saturated rings. The van der Waals surface area contributed by atoms with Crippen LogP contribution < -0.4 is 5.73 Å². The number of nitrogens with zero attached hydrogens (tertiary/aromatic N) is 1. The first-order valence-electron chi connectivity index (χ1n) is 7.78. The normalized spacial score (nSPS) is 31.5. The molecule has 0 aromatic rings. The van der Waals surface area contributed by atoms with Crippen molar-refractivity contribution < 1.29 is 9.90 Å². The highest BCUT2D eigenvalue weighted by Gasteiger charge is 2.44. The Bertz CT molecular complexity index is 388. The number of piperidine rings is 1. The van der Waals surface area contributed by atoms with Crippen molar-refractivity contribution in [2.24, 2.45) is 17.6 Å². The zero-order valence-corrected chi connectivity index (χ0v) is 13.1. The van der Waals surface area contributed by atoms with E-state index < -0.39 is 5.60 Å². The Morgan fingerprint density at radius 1 is 1.50 bits per heavy atom. The summed E-state index contributed by atoms with van der Waals surface area (Å²) in [7, 11) is 0. The van der Waals surface area contributed by atoms with Gasteiger partial charge in [-0.15, -0.1) is 0 Å². The van der Waals surface area contributed by atoms with Gasteiger partial charge in [-0.25, -0.2) is 0 Å². The van der Waals surface area contributed by atoms with Gasteiger partial charge in [0.05, 0.1) is 16.5 Å². The summed E-state index contributed by atoms with van der Waals surface area (Å²) in [5, 5.41) is 10.7. The van der Waals surface area contributed by atoms with Crippen molar-refractivity contribution in [1.82, 2.24) is 4.90 Å². The van der Waals surface area contributed by atoms with Crippen LogP contribution in [0.3, 0.4) is 0 Å². The minimum Gasteiger partial charge on any atom is -0.393 e. The summed E-state index contributed by atoms with van der Waals surface area (Å²) < 4.78 is 0. The second-order valence-corrected chi connectivity index (χ2v) is 6.80. The van der Waals surface area contributed by atoms with Crippen LogP contribution >= 0.6 is 12.2 Å². The van der Waals surface area contributed by atoms with E-state index in [2.05, 4.69) is 0 Å². The fraction of sp³-hybridized carbons (Fsp3) is 0.867. The van der Waals surface area contributed by atoms with E-state index in [4.69, 9.17) is 18.0 Å². The molecular weight excluding hydrogens is 272 g/mol. The van der Waals surface area contributed by atoms with Gasteiger partial charge < -0.3 is 15.7 Å². The highest BCUT2D eigenvalue weighted by molar-refractivity contribution is 7.80. The first kappa shape index (κ1) is 15.7. The maximum absolute atomic E-state index is 12.6. The number of fused-ring (bicyclic) bond motifs is 1. The molecule has 0 aromatic heterocycles. The Morgan fingerprint density at radius 3 is 2.90 bits per heavy atom. The number of amides is 1. The molecule has 5 heteroatoms. The number of rotatable bonds is 4. The van der Waals surface area contributed by atoms with Gasteiger partial charge in [0.1, 0.15) is 0 Å². The third-order valence-electron chi connectivity index (χ3n) is 4.96. The van der Waals surface area contributed by atoms with E-state index in [1.54, 1.807) is 0 Å². The van der Waals surface area contributed by atoms with Gasteiger partial charge in [0.25, 0.3) is 0 Å². The summed E-state index contributed by atoms with van der Waals surface area (Å²) in [6.07, 6.45) is 6.47. The van der Waals surface area contributed by atoms with E-state index in [-0.39, 0.29) is 17.7 Å². The number of carbonyl (C=O) groups is 1. The largest absolute Gasteiger partial charge is 0.393 e. The third kappa shape index (κ3) is 3.14. The van der Waals surface area contributed by atoms with Gasteiger partial charge in [0.2, 0.25) is 5.91 Å². The van der Waals surface area contributed by atoms with Crippen molar-refractivity contribution in [3.05, 3.63) is 0 Å². The van der Waals surface area contributed by atoms with Gasteiger partial charge in [-0.3, -0.25) is 4.79 Å². The molecular formula is C15H26N2O2S. The average molecular weight is 298 g/mol. The second kappa shape index (κ2) is 6.39. The van der Waals surface area contributed by atoms with Crippen LogP contribution in [0.5, 0.6) is 0 Å². The molecule has 0 radical (unpaired) electrons. The van der Waals surface area contributed by atoms with Gasteiger partial charge in [-0.05, 0) is 25.7 Å². The molecule has 2 rings (SSSR count). The van der Waals surface area contributed by atoms with Crippen LogP contribution in [0.1, 0.15) is 51.9 Å². The Hall–Kier alpha value is -0.680. The molecule has 0 bridgehead atoms. The second-order valence-electron chi connectivity index (χ2n) is 6.32. The predicted molar refractivity (Wildman–Crippen MR) is 83.3 cm³/mol. The number of carbonyl (C=O) groups excluding carboxylic acids is 1. The molecule has 0 aromatic carbocycles. The smallest absolute Gasteiger partial charge is 0.232 e. The standard InChI is InChI=1S/C15H26N2O2S/c1-2-5-12(13(16)20)14(18)17-9-8-15(19)7-4-3-6-11(15)10-17/h11-12,19H,2-10H2,1H3,(H2,16,20). The number of hydrogen-bond donors (Lipinski definition) is 2. The lowest BCUT2D eigenvalue weighted by Gasteiger charge is -2.47. The minimum atomic E-state index is -0.543. The van der Waals surface area contributed by atoms with Crippen LogP contribution in [0.4, 0.5) is 0 Å². The summed E-state index contributed by atoms with van der Waals surface area (Å²) in [4.78, 5) is 14.8. The number of hydrogen-bond acceptors (Lipinski definition) is 3. The topological polar surface area (TPSA) is 66.6 Å². The molecule has 3 N–H and O–H groups in total. The van der Waals surface area contributed by atoms with Crippen LogP contribution in [0.2, 0.25) is 0 Å². The van der Waals surface area contributed by atoms with E-state index >= 15 is 0 Å². The molecule has 3 unspecified atom stereocenters. The SMILES string of the molecule is CCCC(C(=O)N1CCC2(O)CCCCC2C1)C(N)=S. The number of likely N-dealkylation sites (tertiary alicyclic amines) is 1. The van der Waals surface area contributed by atoms with Crippen molar-refractivity contribution in [3.8, 4) is 0 Å². The fourth-order valence-corrected chi connectivity index (χ4v) is 3.89. The highest BCUT2D eigenvalue weighted by Crippen LogP contribution is 2.40. The quantitative estimate of drug-likeness (QED) is 0.777. The van der Waals surface area contributed by atoms with E-state index in [0.29, 0.717) is 24.5 Å². The molecule has 1 amide bonds. The first-order valence-corrected chi connectivity index (χ1v) is 8.19. The van der Waals surface area contributed by atoms with E-state index in [0.717, 1.165) is 38.5 Å². The lowest BCUT2D eigenvalue weighted by atomic mass is 9.71. The van der Waals surface area contributed by atoms with Crippen molar-refractivity contribution in [1.29, 1.82) is 0 Å². The van der Waals surface area contributed by atoms with Crippen molar-refractivity contribution >= 4 is 23.1 Å². The van der Waals surface area contributed by atoms with Gasteiger partial charge in [-0.2, -0.15) is 0 Å². The Labute approximate surface area is 126 Å². The molecule has 2 aliphatic rings. The van der Waals surface area contributed by atoms with Crippen molar-refractivity contribution in [3.63, 3.8) is 0 Å². The molecule has 4 nitrogen and oxygen atoms in total. The molecule has 3 atom stereocenters. The van der Waals surface area contributed by atoms with Crippen molar-refractivity contribution in [2.75, 3.05) is 13.1 Å². The maximum atomic E-state index is 12.6. The summed E-state index contributed by atoms with van der Waals surface area (Å²) >= 11 is 5.05. The number of nitrogens with two attached hydrogens (primary N) is 1. The Morgan fingerprint density at radius 2 is 2.25 bits per heavy atom. The van der Waals surface area contributed by atoms with Gasteiger partial charge in [0.15, 0.2) is 0 Å². The highest BCUT2D eigenvalue weighted by atomic mass is 32.1. The van der Waals surface area contributed by atoms with Crippen LogP contribution in [0.15, 0.2) is 0 Å². The van der Waals surface area contributed by atoms with E-state index in [9.17, 15) is 9.90 Å². The van der Waals surface area contributed by atoms with Gasteiger partial charge in [0, 0.05) is 19.0 Å². The summed E-state index contributed by atoms with van der Waals surface area (Å²) in [6.45, 7) is 3.33. The summed E-state index contributed by atoms with van der Waals surface area (Å²) in [5.74, 6) is -0.0423. The van der Waals surface area contributed by atoms with Crippen molar-refractivity contribution in [2.45, 2.75) is 57.5 Å². The lowest BCUT2D eigenvalue weighted by molar-refractivity contribution is -0.145. The summed E-state index contributed by atoms with van der Waals surface area (Å²) in [6, 6.07) is 0. The minimum absolute atomic E-state index is 0.0620. The van der Waals surface area contributed by atoms with Crippen LogP contribution in [0, 0.1) is 11.8 Å². The monoisotopic (exact) mass is 298 g/mol. The third-order valence-corrected chi connectivity index (χ3v) is 5.24. The molecule has 1 aliphatic carbocycles. The lowest BCUT2D eigenvalue weighted by Crippen LogP contribution is -2.56. The van der Waals surface area contributed by atoms with Gasteiger partial charge >= 0.3 is 0 Å². The predicted octanol–water partition coefficient (Wildman–Crippen LogP) is 1.84. The average Bonchev–Trinajstić information content (AvgIpc) is 2.42. The molecule has 1 saturated heterocycles. The molecule has 1 aliphatic heterocycles. The molecule has 1 heterocycles. The number of thiocarbonyl (C=S) groups is 1. The zero-order chi connectivity index (χ0) is 14.8. The van der Waals surface area contributed by atoms with E-state index in [1.165, 1.54) is 0 Å². The Kier molecular flexibility index (Phi) is 5.02. The van der Waals surface area contributed by atoms with Gasteiger partial charge in [-0.1, -0.05) is 38.4 Å². The Balaban J connectivity index is 2.03. The maximum Gasteiger partial charge on any atom is 0.232 e. The zero-order valence-electron chi connectivity index (χ0n) is 12.3. The molecule has 20 heavy (non-hydrogen) atoms.